The molecule has 0 spiro atoms. The summed E-state index contributed by atoms with van der Waals surface area (Å²) in [6.45, 7) is 6.33. The van der Waals surface area contributed by atoms with Crippen molar-refractivity contribution < 1.29 is 28.6 Å². The minimum absolute atomic E-state index is 0.111. The molecule has 1 unspecified atom stereocenters. The van der Waals surface area contributed by atoms with Gasteiger partial charge in [0.1, 0.15) is 13.2 Å². The van der Waals surface area contributed by atoms with Crippen LogP contribution in [0.15, 0.2) is 134 Å². The third-order valence-corrected chi connectivity index (χ3v) is 10.8. The Bertz CT molecular complexity index is 1480. The first-order chi connectivity index (χ1) is 33.0. The standard InChI is InChI=1S/C61H96O6/c1-4-7-10-13-16-19-22-25-27-29-31-33-36-39-42-45-48-51-54-60(63)66-57-58(56-65-59(62)53-50-47-44-41-38-35-24-21-18-15-12-9-6-3)67-61(64)55-52-49-46-43-40-37-34-32-30-28-26-23-20-17-14-11-8-5-2/h9-10,12-13,15-16,18-19,21-34,58H,4-8,11,14,17,20,35-57H2,1-3H3/b12-9+,13-10+,18-15+,19-16+,24-21+,25-22+,26-23+,29-27+,30-28+,33-31+,34-32+. The summed E-state index contributed by atoms with van der Waals surface area (Å²) in [6, 6.07) is 0. The predicted octanol–water partition coefficient (Wildman–Crippen LogP) is 17.9. The predicted molar refractivity (Wildman–Crippen MR) is 288 cm³/mol. The van der Waals surface area contributed by atoms with Crippen LogP contribution in [0, 0.1) is 0 Å². The van der Waals surface area contributed by atoms with E-state index >= 15 is 0 Å². The van der Waals surface area contributed by atoms with Crippen molar-refractivity contribution in [2.75, 3.05) is 13.2 Å². The molecule has 0 N–H and O–H groups in total. The zero-order chi connectivity index (χ0) is 48.6. The van der Waals surface area contributed by atoms with Crippen LogP contribution in [-0.2, 0) is 28.6 Å². The van der Waals surface area contributed by atoms with Gasteiger partial charge >= 0.3 is 17.9 Å². The summed E-state index contributed by atoms with van der Waals surface area (Å²) in [4.78, 5) is 38.1. The van der Waals surface area contributed by atoms with Crippen molar-refractivity contribution in [1.29, 1.82) is 0 Å². The van der Waals surface area contributed by atoms with Crippen LogP contribution in [-0.4, -0.2) is 37.2 Å². The minimum atomic E-state index is -0.814. The topological polar surface area (TPSA) is 78.9 Å². The highest BCUT2D eigenvalue weighted by Gasteiger charge is 2.19. The lowest BCUT2D eigenvalue weighted by Gasteiger charge is -2.18. The Balaban J connectivity index is 4.54. The van der Waals surface area contributed by atoms with E-state index in [2.05, 4.69) is 118 Å². The minimum Gasteiger partial charge on any atom is -0.462 e. The molecule has 0 saturated carbocycles. The van der Waals surface area contributed by atoms with E-state index in [1.54, 1.807) is 0 Å². The summed E-state index contributed by atoms with van der Waals surface area (Å²) in [5.74, 6) is -0.982. The van der Waals surface area contributed by atoms with Crippen molar-refractivity contribution in [2.45, 2.75) is 219 Å². The molecule has 6 heteroatoms. The molecule has 0 aromatic carbocycles. The molecule has 0 amide bonds. The molecule has 0 fully saturated rings. The van der Waals surface area contributed by atoms with E-state index < -0.39 is 6.10 Å². The maximum atomic E-state index is 12.8. The van der Waals surface area contributed by atoms with Crippen molar-refractivity contribution in [3.05, 3.63) is 134 Å². The number of hydrogen-bond acceptors (Lipinski definition) is 6. The third kappa shape index (κ3) is 52.4. The van der Waals surface area contributed by atoms with Gasteiger partial charge in [-0.3, -0.25) is 14.4 Å². The van der Waals surface area contributed by atoms with E-state index in [0.717, 1.165) is 135 Å². The molecular formula is C61H96O6. The van der Waals surface area contributed by atoms with Gasteiger partial charge in [-0.1, -0.05) is 244 Å². The zero-order valence-electron chi connectivity index (χ0n) is 42.9. The summed E-state index contributed by atoms with van der Waals surface area (Å²) in [7, 11) is 0. The lowest BCUT2D eigenvalue weighted by Crippen LogP contribution is -2.30. The molecular weight excluding hydrogens is 829 g/mol. The van der Waals surface area contributed by atoms with Gasteiger partial charge in [0.15, 0.2) is 6.10 Å². The number of unbranched alkanes of at least 4 members (excludes halogenated alkanes) is 21. The van der Waals surface area contributed by atoms with Crippen molar-refractivity contribution >= 4 is 17.9 Å². The second-order valence-electron chi connectivity index (χ2n) is 17.3. The average Bonchev–Trinajstić information content (AvgIpc) is 3.33. The first-order valence-electron chi connectivity index (χ1n) is 26.8. The van der Waals surface area contributed by atoms with E-state index in [4.69, 9.17) is 14.2 Å². The SMILES string of the molecule is CC/C=C/C=C/C=C/CCCCCCCC(=O)OCC(COC(=O)CCCCCCC/C=C/C=C/C=C/C=C/C=C/CCC)OC(=O)CCCCCCC/C=C/C=C/C=C/CCCCCCC. The average molecular weight is 925 g/mol. The number of carbonyl (C=O) groups is 3. The van der Waals surface area contributed by atoms with Gasteiger partial charge in [0, 0.05) is 19.3 Å². The van der Waals surface area contributed by atoms with Crippen LogP contribution in [0.3, 0.4) is 0 Å². The highest BCUT2D eigenvalue weighted by molar-refractivity contribution is 5.71. The summed E-state index contributed by atoms with van der Waals surface area (Å²) >= 11 is 0. The van der Waals surface area contributed by atoms with Crippen LogP contribution in [0.5, 0.6) is 0 Å². The van der Waals surface area contributed by atoms with E-state index in [9.17, 15) is 14.4 Å². The maximum Gasteiger partial charge on any atom is 0.306 e. The molecule has 0 aromatic rings. The molecule has 0 aliphatic heterocycles. The van der Waals surface area contributed by atoms with Gasteiger partial charge in [0.05, 0.1) is 0 Å². The summed E-state index contributed by atoms with van der Waals surface area (Å²) in [5, 5.41) is 0. The first-order valence-corrected chi connectivity index (χ1v) is 26.8. The number of carbonyl (C=O) groups excluding carboxylic acids is 3. The van der Waals surface area contributed by atoms with E-state index in [1.165, 1.54) is 38.5 Å². The Hall–Kier alpha value is -4.45. The van der Waals surface area contributed by atoms with Gasteiger partial charge < -0.3 is 14.2 Å². The fraction of sp³-hybridized carbons (Fsp3) is 0.590. The molecule has 67 heavy (non-hydrogen) atoms. The Morgan fingerprint density at radius 1 is 0.313 bits per heavy atom. The van der Waals surface area contributed by atoms with Crippen LogP contribution in [0.4, 0.5) is 0 Å². The Kier molecular flexibility index (Phi) is 50.6. The molecule has 0 rings (SSSR count). The van der Waals surface area contributed by atoms with Crippen LogP contribution >= 0.6 is 0 Å². The number of hydrogen-bond donors (Lipinski definition) is 0. The lowest BCUT2D eigenvalue weighted by molar-refractivity contribution is -0.167. The Morgan fingerprint density at radius 2 is 0.612 bits per heavy atom. The molecule has 0 aliphatic rings. The van der Waals surface area contributed by atoms with E-state index in [-0.39, 0.29) is 37.5 Å². The van der Waals surface area contributed by atoms with Crippen molar-refractivity contribution in [1.82, 2.24) is 0 Å². The molecule has 0 aromatic heterocycles. The van der Waals surface area contributed by atoms with Crippen LogP contribution in [0.25, 0.3) is 0 Å². The van der Waals surface area contributed by atoms with Crippen LogP contribution < -0.4 is 0 Å². The van der Waals surface area contributed by atoms with Gasteiger partial charge in [0.2, 0.25) is 0 Å². The number of rotatable bonds is 46. The second-order valence-corrected chi connectivity index (χ2v) is 17.3. The number of ether oxygens (including phenoxy) is 3. The lowest BCUT2D eigenvalue weighted by atomic mass is 10.1. The number of esters is 3. The maximum absolute atomic E-state index is 12.8. The molecule has 0 heterocycles. The van der Waals surface area contributed by atoms with E-state index in [1.807, 2.05) is 36.5 Å². The first kappa shape index (κ1) is 62.5. The van der Waals surface area contributed by atoms with Crippen LogP contribution in [0.2, 0.25) is 0 Å². The normalized spacial score (nSPS) is 13.2. The van der Waals surface area contributed by atoms with Gasteiger partial charge in [-0.15, -0.1) is 0 Å². The summed E-state index contributed by atoms with van der Waals surface area (Å²) < 4.78 is 16.8. The fourth-order valence-corrected chi connectivity index (χ4v) is 6.83. The van der Waals surface area contributed by atoms with Crippen molar-refractivity contribution in [2.24, 2.45) is 0 Å². The number of allylic oxidation sites excluding steroid dienone is 22. The fourth-order valence-electron chi connectivity index (χ4n) is 6.83. The molecule has 0 radical (unpaired) electrons. The molecule has 1 atom stereocenters. The molecule has 0 saturated heterocycles. The highest BCUT2D eigenvalue weighted by atomic mass is 16.6. The monoisotopic (exact) mass is 925 g/mol. The Labute approximate surface area is 411 Å². The third-order valence-electron chi connectivity index (χ3n) is 10.8. The highest BCUT2D eigenvalue weighted by Crippen LogP contribution is 2.13. The van der Waals surface area contributed by atoms with Gasteiger partial charge in [-0.25, -0.2) is 0 Å². The van der Waals surface area contributed by atoms with Gasteiger partial charge in [-0.2, -0.15) is 0 Å². The smallest absolute Gasteiger partial charge is 0.306 e. The van der Waals surface area contributed by atoms with Crippen molar-refractivity contribution in [3.63, 3.8) is 0 Å². The largest absolute Gasteiger partial charge is 0.462 e. The van der Waals surface area contributed by atoms with Crippen LogP contribution in [0.1, 0.15) is 213 Å². The Morgan fingerprint density at radius 3 is 0.970 bits per heavy atom. The van der Waals surface area contributed by atoms with E-state index in [0.29, 0.717) is 12.8 Å². The zero-order valence-corrected chi connectivity index (χ0v) is 42.9. The summed E-state index contributed by atoms with van der Waals surface area (Å²) in [6.07, 6.45) is 75.7. The van der Waals surface area contributed by atoms with Crippen molar-refractivity contribution in [3.8, 4) is 0 Å². The summed E-state index contributed by atoms with van der Waals surface area (Å²) in [5.41, 5.74) is 0. The quantitative estimate of drug-likeness (QED) is 0.0262. The molecule has 0 bridgehead atoms. The van der Waals surface area contributed by atoms with Gasteiger partial charge in [0.25, 0.3) is 0 Å². The molecule has 376 valence electrons. The molecule has 0 aliphatic carbocycles. The molecule has 6 nitrogen and oxygen atoms in total. The van der Waals surface area contributed by atoms with Gasteiger partial charge in [-0.05, 0) is 83.5 Å². The second kappa shape index (κ2) is 54.2.